The van der Waals surface area contributed by atoms with Crippen LogP contribution in [0.15, 0.2) is 0 Å². The van der Waals surface area contributed by atoms with Crippen LogP contribution in [0.3, 0.4) is 0 Å². The lowest BCUT2D eigenvalue weighted by atomic mass is 10.1. The number of hydrogen-bond donors (Lipinski definition) is 0. The molecule has 3 heteroatoms. The fourth-order valence-corrected chi connectivity index (χ4v) is 4.01. The Morgan fingerprint density at radius 3 is 1.35 bits per heavy atom. The van der Waals surface area contributed by atoms with E-state index in [2.05, 4.69) is 13.1 Å². The molecule has 0 aromatic heterocycles. The van der Waals surface area contributed by atoms with E-state index in [0.29, 0.717) is 0 Å². The highest BCUT2D eigenvalue weighted by Gasteiger charge is 2.18. The minimum atomic E-state index is -1.29. The van der Waals surface area contributed by atoms with E-state index in [1.165, 1.54) is 83.1 Å². The average molecular weight is 321 g/mol. The maximum Gasteiger partial charge on any atom is 0.186 e. The normalized spacial score (nSPS) is 12.0. The Morgan fingerprint density at radius 1 is 0.650 bits per heavy atom. The van der Waals surface area contributed by atoms with Crippen LogP contribution in [0.5, 0.6) is 0 Å². The summed E-state index contributed by atoms with van der Waals surface area (Å²) in [6.45, 7) is 4.64. The van der Waals surface area contributed by atoms with E-state index in [-0.39, 0.29) is 0 Å². The van der Waals surface area contributed by atoms with Crippen molar-refractivity contribution in [2.24, 2.45) is 0 Å². The zero-order chi connectivity index (χ0) is 15.1. The molecule has 0 saturated heterocycles. The van der Waals surface area contributed by atoms with Crippen molar-refractivity contribution in [2.75, 3.05) is 13.0 Å². The van der Waals surface area contributed by atoms with E-state index in [1.54, 1.807) is 0 Å². The molecule has 0 aliphatic heterocycles. The smallest absolute Gasteiger partial charge is 0.186 e. The van der Waals surface area contributed by atoms with Gasteiger partial charge in [-0.05, 0) is 25.6 Å². The van der Waals surface area contributed by atoms with Crippen LogP contribution < -0.4 is 0 Å². The van der Waals surface area contributed by atoms with Crippen LogP contribution in [0.25, 0.3) is 0 Å². The fourth-order valence-electron chi connectivity index (χ4n) is 2.52. The predicted molar refractivity (Wildman–Crippen MR) is 95.4 cm³/mol. The van der Waals surface area contributed by atoms with Gasteiger partial charge in [-0.1, -0.05) is 70.6 Å². The quantitative estimate of drug-likeness (QED) is 0.184. The van der Waals surface area contributed by atoms with E-state index < -0.39 is 8.32 Å². The van der Waals surface area contributed by atoms with Gasteiger partial charge in [-0.15, -0.1) is 11.6 Å². The largest absolute Gasteiger partial charge is 0.420 e. The third-order valence-corrected chi connectivity index (χ3v) is 7.15. The molecular weight excluding hydrogens is 284 g/mol. The van der Waals surface area contributed by atoms with E-state index in [4.69, 9.17) is 16.0 Å². The second kappa shape index (κ2) is 14.4. The van der Waals surface area contributed by atoms with Crippen LogP contribution in [0, 0.1) is 0 Å². The molecule has 0 rings (SSSR count). The molecule has 0 aromatic rings. The van der Waals surface area contributed by atoms with Crippen LogP contribution in [0.4, 0.5) is 0 Å². The third-order valence-electron chi connectivity index (χ3n) is 4.22. The Morgan fingerprint density at radius 2 is 1.00 bits per heavy atom. The minimum Gasteiger partial charge on any atom is -0.420 e. The first-order chi connectivity index (χ1) is 9.62. The van der Waals surface area contributed by atoms with E-state index >= 15 is 0 Å². The summed E-state index contributed by atoms with van der Waals surface area (Å²) < 4.78 is 5.58. The summed E-state index contributed by atoms with van der Waals surface area (Å²) in [6, 6.07) is 1.33. The highest BCUT2D eigenvalue weighted by molar-refractivity contribution is 6.71. The standard InChI is InChI=1S/C17H37ClOSi/c1-19-20(2,3)17-15-13-11-9-7-5-4-6-8-10-12-14-16-18/h4-17H2,1-3H3. The zero-order valence-corrected chi connectivity index (χ0v) is 15.9. The molecular formula is C17H37ClOSi. The Hall–Kier alpha value is 0.467. The van der Waals surface area contributed by atoms with Crippen LogP contribution in [0.1, 0.15) is 77.0 Å². The van der Waals surface area contributed by atoms with Crippen LogP contribution >= 0.6 is 11.6 Å². The molecule has 0 amide bonds. The van der Waals surface area contributed by atoms with Crippen molar-refractivity contribution in [2.45, 2.75) is 96.2 Å². The van der Waals surface area contributed by atoms with Gasteiger partial charge in [-0.3, -0.25) is 0 Å². The average Bonchev–Trinajstić information content (AvgIpc) is 2.44. The van der Waals surface area contributed by atoms with Crippen LogP contribution in [-0.4, -0.2) is 21.3 Å². The second-order valence-corrected chi connectivity index (χ2v) is 11.5. The molecule has 0 atom stereocenters. The van der Waals surface area contributed by atoms with Crippen molar-refractivity contribution in [3.8, 4) is 0 Å². The van der Waals surface area contributed by atoms with Gasteiger partial charge in [0.2, 0.25) is 0 Å². The molecule has 122 valence electrons. The van der Waals surface area contributed by atoms with Gasteiger partial charge in [0.15, 0.2) is 8.32 Å². The van der Waals surface area contributed by atoms with Crippen molar-refractivity contribution in [1.29, 1.82) is 0 Å². The second-order valence-electron chi connectivity index (χ2n) is 6.65. The first-order valence-corrected chi connectivity index (χ1v) is 12.4. The molecule has 0 saturated carbocycles. The van der Waals surface area contributed by atoms with Gasteiger partial charge in [0.1, 0.15) is 0 Å². The van der Waals surface area contributed by atoms with Crippen molar-refractivity contribution in [3.05, 3.63) is 0 Å². The summed E-state index contributed by atoms with van der Waals surface area (Å²) in [4.78, 5) is 0. The number of halogens is 1. The molecule has 0 spiro atoms. The summed E-state index contributed by atoms with van der Waals surface area (Å²) in [5.74, 6) is 0.837. The summed E-state index contributed by atoms with van der Waals surface area (Å²) in [7, 11) is 0.591. The molecule has 0 aliphatic rings. The first kappa shape index (κ1) is 20.5. The lowest BCUT2D eigenvalue weighted by Crippen LogP contribution is -2.27. The Balaban J connectivity index is 3.06. The van der Waals surface area contributed by atoms with Crippen molar-refractivity contribution < 1.29 is 4.43 Å². The van der Waals surface area contributed by atoms with E-state index in [1.807, 2.05) is 7.11 Å². The molecule has 1 nitrogen and oxygen atoms in total. The summed E-state index contributed by atoms with van der Waals surface area (Å²) in [6.07, 6.45) is 16.7. The Kier molecular flexibility index (Phi) is 14.7. The Labute approximate surface area is 133 Å². The van der Waals surface area contributed by atoms with Gasteiger partial charge < -0.3 is 4.43 Å². The highest BCUT2D eigenvalue weighted by atomic mass is 35.5. The van der Waals surface area contributed by atoms with Gasteiger partial charge in [0, 0.05) is 13.0 Å². The number of rotatable bonds is 15. The number of alkyl halides is 1. The third kappa shape index (κ3) is 14.9. The molecule has 0 aliphatic carbocycles. The van der Waals surface area contributed by atoms with Gasteiger partial charge in [-0.2, -0.15) is 0 Å². The molecule has 0 aromatic carbocycles. The zero-order valence-electron chi connectivity index (χ0n) is 14.2. The summed E-state index contributed by atoms with van der Waals surface area (Å²) in [5, 5.41) is 0. The molecule has 0 fully saturated rings. The van der Waals surface area contributed by atoms with Crippen LogP contribution in [0.2, 0.25) is 19.1 Å². The monoisotopic (exact) mass is 320 g/mol. The van der Waals surface area contributed by atoms with Crippen molar-refractivity contribution >= 4 is 19.9 Å². The predicted octanol–water partition coefficient (Wildman–Crippen LogP) is 6.76. The highest BCUT2D eigenvalue weighted by Crippen LogP contribution is 2.17. The van der Waals surface area contributed by atoms with Gasteiger partial charge in [0.05, 0.1) is 0 Å². The lowest BCUT2D eigenvalue weighted by molar-refractivity contribution is 0.400. The lowest BCUT2D eigenvalue weighted by Gasteiger charge is -2.19. The summed E-state index contributed by atoms with van der Waals surface area (Å²) in [5.41, 5.74) is 0. The summed E-state index contributed by atoms with van der Waals surface area (Å²) >= 11 is 5.66. The fraction of sp³-hybridized carbons (Fsp3) is 1.00. The Bertz CT molecular complexity index is 197. The molecule has 0 radical (unpaired) electrons. The van der Waals surface area contributed by atoms with Crippen molar-refractivity contribution in [1.82, 2.24) is 0 Å². The first-order valence-electron chi connectivity index (χ1n) is 8.73. The maximum atomic E-state index is 5.66. The maximum absolute atomic E-state index is 5.66. The van der Waals surface area contributed by atoms with Gasteiger partial charge in [0.25, 0.3) is 0 Å². The van der Waals surface area contributed by atoms with Gasteiger partial charge >= 0.3 is 0 Å². The molecule has 0 bridgehead atoms. The van der Waals surface area contributed by atoms with E-state index in [0.717, 1.165) is 5.88 Å². The number of unbranched alkanes of at least 4 members (excludes halogenated alkanes) is 11. The topological polar surface area (TPSA) is 9.23 Å². The SMILES string of the molecule is CO[Si](C)(C)CCCCCCCCCCCCCCCl. The van der Waals surface area contributed by atoms with Crippen LogP contribution in [-0.2, 0) is 4.43 Å². The minimum absolute atomic E-state index is 0.837. The van der Waals surface area contributed by atoms with Gasteiger partial charge in [-0.25, -0.2) is 0 Å². The van der Waals surface area contributed by atoms with Crippen molar-refractivity contribution in [3.63, 3.8) is 0 Å². The van der Waals surface area contributed by atoms with E-state index in [9.17, 15) is 0 Å². The number of hydrogen-bond acceptors (Lipinski definition) is 1. The molecule has 0 N–H and O–H groups in total. The molecule has 20 heavy (non-hydrogen) atoms. The molecule has 0 unspecified atom stereocenters. The molecule has 0 heterocycles.